The first-order valence-corrected chi connectivity index (χ1v) is 4.40. The molecule has 0 unspecified atom stereocenters. The van der Waals surface area contributed by atoms with Crippen LogP contribution in [-0.2, 0) is 6.54 Å². The van der Waals surface area contributed by atoms with E-state index in [1.807, 2.05) is 42.5 Å². The van der Waals surface area contributed by atoms with Gasteiger partial charge in [-0.1, -0.05) is 18.2 Å². The number of benzene rings is 1. The van der Waals surface area contributed by atoms with Crippen LogP contribution in [0, 0.1) is 0 Å². The molecule has 0 radical (unpaired) electrons. The SMILES string of the molecule is c1ccc(N=NCc2ccco2)cc1. The highest BCUT2D eigenvalue weighted by atomic mass is 16.3. The van der Waals surface area contributed by atoms with Crippen molar-refractivity contribution in [3.63, 3.8) is 0 Å². The number of hydrogen-bond acceptors (Lipinski definition) is 3. The van der Waals surface area contributed by atoms with E-state index in [1.54, 1.807) is 6.26 Å². The number of nitrogens with zero attached hydrogens (tertiary/aromatic N) is 2. The van der Waals surface area contributed by atoms with E-state index >= 15 is 0 Å². The van der Waals surface area contributed by atoms with Crippen molar-refractivity contribution < 1.29 is 4.42 Å². The van der Waals surface area contributed by atoms with Gasteiger partial charge in [0.05, 0.1) is 12.0 Å². The second-order valence-electron chi connectivity index (χ2n) is 2.81. The third-order valence-corrected chi connectivity index (χ3v) is 1.75. The van der Waals surface area contributed by atoms with Crippen LogP contribution in [0.4, 0.5) is 5.69 Å². The van der Waals surface area contributed by atoms with Crippen LogP contribution in [0.1, 0.15) is 5.76 Å². The summed E-state index contributed by atoms with van der Waals surface area (Å²) < 4.78 is 5.12. The summed E-state index contributed by atoms with van der Waals surface area (Å²) in [6, 6.07) is 13.3. The monoisotopic (exact) mass is 186 g/mol. The van der Waals surface area contributed by atoms with Gasteiger partial charge in [0.15, 0.2) is 0 Å². The Morgan fingerprint density at radius 3 is 2.57 bits per heavy atom. The van der Waals surface area contributed by atoms with Gasteiger partial charge in [-0.05, 0) is 24.3 Å². The number of furan rings is 1. The minimum absolute atomic E-state index is 0.488. The predicted octanol–water partition coefficient (Wildman–Crippen LogP) is 3.56. The first-order chi connectivity index (χ1) is 6.95. The van der Waals surface area contributed by atoms with E-state index < -0.39 is 0 Å². The van der Waals surface area contributed by atoms with Crippen molar-refractivity contribution in [2.45, 2.75) is 6.54 Å². The largest absolute Gasteiger partial charge is 0.467 e. The minimum atomic E-state index is 0.488. The lowest BCUT2D eigenvalue weighted by molar-refractivity contribution is 0.509. The Labute approximate surface area is 82.1 Å². The Kier molecular flexibility index (Phi) is 2.71. The first-order valence-electron chi connectivity index (χ1n) is 4.40. The predicted molar refractivity (Wildman–Crippen MR) is 53.4 cm³/mol. The summed E-state index contributed by atoms with van der Waals surface area (Å²) in [4.78, 5) is 0. The normalized spacial score (nSPS) is 10.9. The highest BCUT2D eigenvalue weighted by molar-refractivity contribution is 5.34. The van der Waals surface area contributed by atoms with Gasteiger partial charge >= 0.3 is 0 Å². The van der Waals surface area contributed by atoms with Crippen molar-refractivity contribution in [1.29, 1.82) is 0 Å². The van der Waals surface area contributed by atoms with E-state index in [-0.39, 0.29) is 0 Å². The Morgan fingerprint density at radius 2 is 1.86 bits per heavy atom. The van der Waals surface area contributed by atoms with Crippen LogP contribution in [0.2, 0.25) is 0 Å². The van der Waals surface area contributed by atoms with Gasteiger partial charge in [0, 0.05) is 0 Å². The van der Waals surface area contributed by atoms with Gasteiger partial charge in [0.25, 0.3) is 0 Å². The van der Waals surface area contributed by atoms with Crippen molar-refractivity contribution in [3.8, 4) is 0 Å². The lowest BCUT2D eigenvalue weighted by atomic mass is 10.3. The van der Waals surface area contributed by atoms with Crippen molar-refractivity contribution in [1.82, 2.24) is 0 Å². The van der Waals surface area contributed by atoms with E-state index in [4.69, 9.17) is 4.42 Å². The topological polar surface area (TPSA) is 37.9 Å². The fraction of sp³-hybridized carbons (Fsp3) is 0.0909. The first kappa shape index (κ1) is 8.69. The lowest BCUT2D eigenvalue weighted by Gasteiger charge is -1.89. The summed E-state index contributed by atoms with van der Waals surface area (Å²) in [6.07, 6.45) is 1.63. The standard InChI is InChI=1S/C11H10N2O/c1-2-5-10(6-3-1)13-12-9-11-7-4-8-14-11/h1-8H,9H2. The van der Waals surface area contributed by atoms with Gasteiger partial charge in [-0.2, -0.15) is 10.2 Å². The molecule has 1 aromatic heterocycles. The van der Waals surface area contributed by atoms with Gasteiger partial charge < -0.3 is 4.42 Å². The Morgan fingerprint density at radius 1 is 1.00 bits per heavy atom. The molecule has 14 heavy (non-hydrogen) atoms. The quantitative estimate of drug-likeness (QED) is 0.675. The van der Waals surface area contributed by atoms with E-state index in [0.717, 1.165) is 11.4 Å². The molecular weight excluding hydrogens is 176 g/mol. The third-order valence-electron chi connectivity index (χ3n) is 1.75. The molecule has 3 heteroatoms. The van der Waals surface area contributed by atoms with Gasteiger partial charge in [0.2, 0.25) is 0 Å². The molecule has 0 aliphatic rings. The van der Waals surface area contributed by atoms with E-state index in [2.05, 4.69) is 10.2 Å². The molecule has 0 atom stereocenters. The van der Waals surface area contributed by atoms with Gasteiger partial charge in [-0.15, -0.1) is 0 Å². The molecular formula is C11H10N2O. The molecule has 0 N–H and O–H groups in total. The maximum atomic E-state index is 5.12. The minimum Gasteiger partial charge on any atom is -0.467 e. The molecule has 0 saturated heterocycles. The molecule has 0 saturated carbocycles. The van der Waals surface area contributed by atoms with Crippen LogP contribution in [0.25, 0.3) is 0 Å². The Hall–Kier alpha value is -1.90. The zero-order valence-corrected chi connectivity index (χ0v) is 7.63. The average molecular weight is 186 g/mol. The third kappa shape index (κ3) is 2.29. The summed E-state index contributed by atoms with van der Waals surface area (Å²) in [6.45, 7) is 0.488. The average Bonchev–Trinajstić information content (AvgIpc) is 2.72. The van der Waals surface area contributed by atoms with E-state index in [9.17, 15) is 0 Å². The van der Waals surface area contributed by atoms with E-state index in [1.165, 1.54) is 0 Å². The molecule has 2 aromatic rings. The van der Waals surface area contributed by atoms with Crippen LogP contribution in [0.3, 0.4) is 0 Å². The summed E-state index contributed by atoms with van der Waals surface area (Å²) in [7, 11) is 0. The zero-order valence-electron chi connectivity index (χ0n) is 7.63. The van der Waals surface area contributed by atoms with E-state index in [0.29, 0.717) is 6.54 Å². The van der Waals surface area contributed by atoms with Crippen molar-refractivity contribution in [3.05, 3.63) is 54.5 Å². The van der Waals surface area contributed by atoms with Crippen LogP contribution >= 0.6 is 0 Å². The molecule has 1 heterocycles. The zero-order chi connectivity index (χ0) is 9.64. The fourth-order valence-electron chi connectivity index (χ4n) is 1.08. The fourth-order valence-corrected chi connectivity index (χ4v) is 1.08. The number of hydrogen-bond donors (Lipinski definition) is 0. The van der Waals surface area contributed by atoms with Crippen LogP contribution in [0.15, 0.2) is 63.4 Å². The molecule has 0 bridgehead atoms. The molecule has 70 valence electrons. The van der Waals surface area contributed by atoms with Crippen molar-refractivity contribution in [2.24, 2.45) is 10.2 Å². The maximum absolute atomic E-state index is 5.12. The Bertz CT molecular complexity index is 392. The molecule has 2 rings (SSSR count). The summed E-state index contributed by atoms with van der Waals surface area (Å²) in [5.74, 6) is 0.824. The number of azo groups is 1. The molecule has 0 aliphatic carbocycles. The molecule has 1 aromatic carbocycles. The summed E-state index contributed by atoms with van der Waals surface area (Å²) in [5, 5.41) is 8.06. The van der Waals surface area contributed by atoms with Crippen molar-refractivity contribution >= 4 is 5.69 Å². The molecule has 0 fully saturated rings. The second kappa shape index (κ2) is 4.37. The molecule has 3 nitrogen and oxygen atoms in total. The van der Waals surface area contributed by atoms with Crippen LogP contribution < -0.4 is 0 Å². The van der Waals surface area contributed by atoms with Gasteiger partial charge in [-0.25, -0.2) is 0 Å². The lowest BCUT2D eigenvalue weighted by Crippen LogP contribution is -1.72. The van der Waals surface area contributed by atoms with Crippen LogP contribution in [-0.4, -0.2) is 0 Å². The summed E-state index contributed by atoms with van der Waals surface area (Å²) in [5.41, 5.74) is 0.860. The number of rotatable bonds is 3. The molecule has 0 amide bonds. The highest BCUT2D eigenvalue weighted by Gasteiger charge is 1.91. The maximum Gasteiger partial charge on any atom is 0.127 e. The second-order valence-corrected chi connectivity index (χ2v) is 2.81. The highest BCUT2D eigenvalue weighted by Crippen LogP contribution is 2.11. The molecule has 0 spiro atoms. The summed E-state index contributed by atoms with van der Waals surface area (Å²) >= 11 is 0. The van der Waals surface area contributed by atoms with Crippen molar-refractivity contribution in [2.75, 3.05) is 0 Å². The smallest absolute Gasteiger partial charge is 0.127 e. The van der Waals surface area contributed by atoms with Gasteiger partial charge in [0.1, 0.15) is 12.3 Å². The molecule has 0 aliphatic heterocycles. The Balaban J connectivity index is 1.96. The van der Waals surface area contributed by atoms with Crippen LogP contribution in [0.5, 0.6) is 0 Å². The van der Waals surface area contributed by atoms with Gasteiger partial charge in [-0.3, -0.25) is 0 Å².